The Labute approximate surface area is 590 Å². The van der Waals surface area contributed by atoms with E-state index >= 15 is 0 Å². The molecule has 2 aliphatic rings. The number of benzene rings is 2. The molecule has 37 heteroatoms. The highest BCUT2D eigenvalue weighted by Gasteiger charge is 2.62. The number of aliphatic imine (C=N–C) groups is 2. The second-order valence-corrected chi connectivity index (χ2v) is 25.8. The number of amidine groups is 1. The van der Waals surface area contributed by atoms with Gasteiger partial charge in [0.1, 0.15) is 54.1 Å². The minimum absolute atomic E-state index is 0.0187. The van der Waals surface area contributed by atoms with Crippen LogP contribution in [-0.2, 0) is 64.0 Å². The van der Waals surface area contributed by atoms with Crippen molar-refractivity contribution in [2.45, 2.75) is 197 Å². The number of hydrogen-bond acceptors (Lipinski definition) is 20. The Hall–Kier alpha value is -10.4. The summed E-state index contributed by atoms with van der Waals surface area (Å²) in [6.07, 6.45) is 1.26. The number of carbonyl (C=O) groups is 12. The van der Waals surface area contributed by atoms with Crippen LogP contribution in [0.3, 0.4) is 0 Å². The first-order valence-electron chi connectivity index (χ1n) is 33.6. The zero-order valence-electron chi connectivity index (χ0n) is 58.4. The number of aliphatic carboxylic acids is 3. The van der Waals surface area contributed by atoms with E-state index in [4.69, 9.17) is 33.4 Å². The van der Waals surface area contributed by atoms with Gasteiger partial charge in [-0.05, 0) is 155 Å². The fourth-order valence-electron chi connectivity index (χ4n) is 10.9. The number of rotatable bonds is 44. The molecule has 1 saturated heterocycles. The average molecular weight is 1440 g/mol. The Balaban J connectivity index is 1.52. The van der Waals surface area contributed by atoms with Gasteiger partial charge >= 0.3 is 23.7 Å². The van der Waals surface area contributed by atoms with E-state index in [2.05, 4.69) is 57.8 Å². The normalized spacial score (nSPS) is 16.7. The molecule has 0 aromatic heterocycles. The monoisotopic (exact) mass is 1440 g/mol. The van der Waals surface area contributed by atoms with Crippen LogP contribution in [0.2, 0.25) is 0 Å². The Kier molecular flexibility index (Phi) is 33.5. The fraction of sp³-hybridized carbons (Fsp3) is 0.585. The number of unbranched alkanes of at least 4 members (excludes halogenated alkanes) is 2. The van der Waals surface area contributed by atoms with E-state index < -0.39 is 156 Å². The molecule has 9 atom stereocenters. The molecule has 0 bridgehead atoms. The van der Waals surface area contributed by atoms with Gasteiger partial charge in [-0.3, -0.25) is 62.7 Å². The molecule has 2 aliphatic heterocycles. The van der Waals surface area contributed by atoms with Gasteiger partial charge in [0.15, 0.2) is 29.6 Å². The summed E-state index contributed by atoms with van der Waals surface area (Å²) in [6, 6.07) is 2.54. The Morgan fingerprint density at radius 3 is 1.72 bits per heavy atom. The maximum Gasteiger partial charge on any atom is 0.349 e. The molecule has 24 N–H and O–H groups in total. The first kappa shape index (κ1) is 84.0. The maximum absolute atomic E-state index is 14.5. The number of guanidine groups is 2. The van der Waals surface area contributed by atoms with Crippen molar-refractivity contribution in [3.05, 3.63) is 65.7 Å². The summed E-state index contributed by atoms with van der Waals surface area (Å²) < 4.78 is 6.75. The Morgan fingerprint density at radius 2 is 1.15 bits per heavy atom. The lowest BCUT2D eigenvalue weighted by molar-refractivity contribution is -0.820. The molecular formula is C65H102N19O18+. The van der Waals surface area contributed by atoms with Gasteiger partial charge in [0, 0.05) is 26.1 Å². The molecule has 2 aromatic rings. The van der Waals surface area contributed by atoms with Crippen LogP contribution in [0.5, 0.6) is 5.75 Å². The molecule has 2 aromatic carbocycles. The molecule has 0 spiro atoms. The zero-order valence-corrected chi connectivity index (χ0v) is 58.4. The fourth-order valence-corrected chi connectivity index (χ4v) is 10.9. The van der Waals surface area contributed by atoms with E-state index in [1.54, 1.807) is 70.2 Å². The average Bonchev–Trinajstić information content (AvgIpc) is 1.58. The molecule has 102 heavy (non-hydrogen) atoms. The number of ether oxygens (including phenoxy) is 1. The van der Waals surface area contributed by atoms with Crippen molar-refractivity contribution >= 4 is 88.8 Å². The van der Waals surface area contributed by atoms with Crippen LogP contribution in [0.15, 0.2) is 64.6 Å². The van der Waals surface area contributed by atoms with Gasteiger partial charge < -0.3 is 107 Å². The molecule has 0 aliphatic carbocycles. The summed E-state index contributed by atoms with van der Waals surface area (Å²) in [4.78, 5) is 169. The van der Waals surface area contributed by atoms with Crippen molar-refractivity contribution in [3.63, 3.8) is 0 Å². The largest absolute Gasteiger partial charge is 0.484 e. The number of carbonyl (C=O) groups excluding carboxylic acids is 9. The number of hydroxylamine groups is 3. The lowest BCUT2D eigenvalue weighted by Gasteiger charge is -2.29. The highest BCUT2D eigenvalue weighted by atomic mass is 16.5. The van der Waals surface area contributed by atoms with Crippen LogP contribution >= 0.6 is 0 Å². The van der Waals surface area contributed by atoms with E-state index in [0.29, 0.717) is 36.9 Å². The molecule has 37 nitrogen and oxygen atoms in total. The smallest absolute Gasteiger partial charge is 0.349 e. The number of nitrogens with zero attached hydrogens (tertiary/aromatic N) is 5. The van der Waals surface area contributed by atoms with Gasteiger partial charge in [0.05, 0.1) is 24.6 Å². The Morgan fingerprint density at radius 1 is 0.618 bits per heavy atom. The summed E-state index contributed by atoms with van der Waals surface area (Å²) in [5, 5.41) is 75.0. The second kappa shape index (κ2) is 40.7. The number of amides is 9. The minimum atomic E-state index is -1.81. The Bertz CT molecular complexity index is 3330. The highest BCUT2D eigenvalue weighted by molar-refractivity contribution is 5.98. The standard InChI is InChI=1S/C65H101N19O18/c1-37(59(95)82-32-16-23-48(82)57(94)80-45(22-15-31-73-63(69)70)54(91)76-38(2)60(96)97)75-53(90)42(19-10-12-28-66)71-29-13-11-20-44(77-50(86)36-102-41-26-24-40(25-27-41)58-83(100)64(3,4)65(5,6)84(58)101)55(92)79-43(21-14-30-72-62(67)68)52(89)74-35-49(85)78-46(34-51(87)88)56(93)81-47(61(98)99)33-39-17-8-7-9-18-39/h7-9,17-18,24-27,37-38,42-48,71H,10-16,19-23,28-36,66H2,1-6H3,(H20-,67,68,69,70,72,73,74,75,76,77,78,79,80,81,85,86,87,88,89,90,91,92,93,94,96,97,98,99,100,101)/p+1/t37-,38-,42-,43-,44-,45-,46-,47-,48-/m0/s1. The lowest BCUT2D eigenvalue weighted by Crippen LogP contribution is -2.57. The third kappa shape index (κ3) is 26.3. The number of nitrogens with one attached hydrogen (secondary N) is 9. The number of carboxylic acids is 3. The number of nitrogens with two attached hydrogens (primary N) is 5. The predicted octanol–water partition coefficient (Wildman–Crippen LogP) is -3.73. The van der Waals surface area contributed by atoms with Crippen molar-refractivity contribution in [2.75, 3.05) is 45.9 Å². The minimum Gasteiger partial charge on any atom is -0.484 e. The first-order valence-corrected chi connectivity index (χ1v) is 33.6. The molecule has 1 fully saturated rings. The summed E-state index contributed by atoms with van der Waals surface area (Å²) in [5.74, 6) is -12.0. The molecule has 0 radical (unpaired) electrons. The third-order valence-electron chi connectivity index (χ3n) is 17.5. The molecular weight excluding hydrogens is 1330 g/mol. The van der Waals surface area contributed by atoms with E-state index in [-0.39, 0.29) is 114 Å². The van der Waals surface area contributed by atoms with Crippen LogP contribution < -0.4 is 81.3 Å². The van der Waals surface area contributed by atoms with E-state index in [0.717, 1.165) is 9.80 Å². The van der Waals surface area contributed by atoms with Gasteiger partial charge in [0.25, 0.3) is 5.91 Å². The maximum atomic E-state index is 14.5. The van der Waals surface area contributed by atoms with E-state index in [1.165, 1.54) is 30.9 Å². The first-order chi connectivity index (χ1) is 48.1. The second-order valence-electron chi connectivity index (χ2n) is 25.8. The third-order valence-corrected chi connectivity index (χ3v) is 17.5. The van der Waals surface area contributed by atoms with Crippen LogP contribution in [0.1, 0.15) is 136 Å². The van der Waals surface area contributed by atoms with Crippen molar-refractivity contribution < 1.29 is 92.7 Å². The van der Waals surface area contributed by atoms with Crippen molar-refractivity contribution in [3.8, 4) is 5.75 Å². The van der Waals surface area contributed by atoms with E-state index in [9.17, 15) is 83.3 Å². The molecule has 2 heterocycles. The number of hydrogen-bond donors (Lipinski definition) is 19. The van der Waals surface area contributed by atoms with Crippen molar-refractivity contribution in [1.29, 1.82) is 0 Å². The van der Waals surface area contributed by atoms with Gasteiger partial charge in [-0.25, -0.2) is 10.0 Å². The van der Waals surface area contributed by atoms with Crippen LogP contribution in [0.4, 0.5) is 0 Å². The van der Waals surface area contributed by atoms with Crippen molar-refractivity contribution in [1.82, 2.24) is 57.8 Å². The summed E-state index contributed by atoms with van der Waals surface area (Å²) in [6.45, 7) is 8.84. The SMILES string of the molecule is C[C@H](NC(=O)[C@H](CCCN=C(N)N)NC(=O)[C@@H]1CCCN1C(=O)[C@H](C)NC(=O)[C@H](CCCCN)NCCCC[C@H](NC(=O)COc1ccc(C2=[N+](O)C(C)(C)C(C)(C)N2O)cc1)C(=O)N[C@@H](CCCN=C(N)N)C(=O)NCC(=O)N[C@@H](CC(=O)O)C(=O)N[C@@H](Cc1ccccc1)C(=O)O)C(=O)O. The van der Waals surface area contributed by atoms with Crippen LogP contribution in [0.25, 0.3) is 0 Å². The van der Waals surface area contributed by atoms with Gasteiger partial charge in [0.2, 0.25) is 47.3 Å². The quantitative estimate of drug-likeness (QED) is 0.00997. The molecule has 0 unspecified atom stereocenters. The topological polar surface area (TPSA) is 588 Å². The molecule has 4 rings (SSSR count). The number of carboxylic acid groups (broad SMARTS) is 3. The van der Waals surface area contributed by atoms with E-state index in [1.807, 2.05) is 0 Å². The zero-order chi connectivity index (χ0) is 76.0. The summed E-state index contributed by atoms with van der Waals surface area (Å²) in [7, 11) is 0. The molecule has 9 amide bonds. The highest BCUT2D eigenvalue weighted by Crippen LogP contribution is 2.37. The summed E-state index contributed by atoms with van der Waals surface area (Å²) >= 11 is 0. The van der Waals surface area contributed by atoms with Gasteiger partial charge in [-0.2, -0.15) is 0 Å². The molecule has 0 saturated carbocycles. The predicted molar refractivity (Wildman–Crippen MR) is 369 cm³/mol. The lowest BCUT2D eigenvalue weighted by atomic mass is 9.84. The van der Waals surface area contributed by atoms with Gasteiger partial charge in [-0.15, -0.1) is 5.06 Å². The number of likely N-dealkylation sites (tertiary alicyclic amines) is 1. The van der Waals surface area contributed by atoms with Crippen LogP contribution in [0, 0.1) is 0 Å². The van der Waals surface area contributed by atoms with Crippen LogP contribution in [-0.4, -0.2) is 241 Å². The summed E-state index contributed by atoms with van der Waals surface area (Å²) in [5.41, 5.74) is 26.8. The van der Waals surface area contributed by atoms with Crippen molar-refractivity contribution in [2.24, 2.45) is 38.7 Å². The molecule has 564 valence electrons. The van der Waals surface area contributed by atoms with Gasteiger partial charge in [-0.1, -0.05) is 41.5 Å².